The maximum atomic E-state index is 13.0. The minimum absolute atomic E-state index is 0.0507. The molecule has 2 atom stereocenters. The number of amides is 2. The van der Waals surface area contributed by atoms with Crippen LogP contribution in [0.25, 0.3) is 0 Å². The van der Waals surface area contributed by atoms with E-state index in [-0.39, 0.29) is 28.2 Å². The van der Waals surface area contributed by atoms with Crippen LogP contribution in [0, 0.1) is 0 Å². The molecule has 2 aromatic rings. The van der Waals surface area contributed by atoms with Crippen molar-refractivity contribution < 1.29 is 37.3 Å². The van der Waals surface area contributed by atoms with Gasteiger partial charge < -0.3 is 26.7 Å². The first-order chi connectivity index (χ1) is 16.2. The van der Waals surface area contributed by atoms with Gasteiger partial charge in [-0.05, 0) is 13.8 Å². The monoisotopic (exact) mass is 531 g/mol. The molecule has 17 nitrogen and oxygen atoms in total. The quantitative estimate of drug-likeness (QED) is 0.0924. The van der Waals surface area contributed by atoms with E-state index < -0.39 is 51.5 Å². The molecule has 19 heteroatoms. The molecule has 2 aromatic heterocycles. The average molecular weight is 532 g/mol. The van der Waals surface area contributed by atoms with Crippen LogP contribution in [0.15, 0.2) is 16.7 Å². The Morgan fingerprint density at radius 2 is 2.09 bits per heavy atom. The highest BCUT2D eigenvalue weighted by Crippen LogP contribution is 2.25. The summed E-state index contributed by atoms with van der Waals surface area (Å²) in [7, 11) is -4.96. The standard InChI is InChI=1S/C16H21N9O8S2/c1-16(2,14(28)29)33-22-10(8-6-34-15(18)19-8)12(26)20-11-9(25(13(11)27)35(30,31)32)5-24-4-7(3-17)21-23-24/h4,6,9,11H,3,5,17H2,1-2H3,(H2,18,19)(H,20,26)(H,28,29)(H,30,31,32). The summed E-state index contributed by atoms with van der Waals surface area (Å²) in [5.41, 5.74) is 9.03. The van der Waals surface area contributed by atoms with E-state index in [2.05, 4.69) is 25.8 Å². The van der Waals surface area contributed by atoms with Crippen molar-refractivity contribution in [1.29, 1.82) is 0 Å². The lowest BCUT2D eigenvalue weighted by Gasteiger charge is -2.43. The van der Waals surface area contributed by atoms with Gasteiger partial charge >= 0.3 is 16.3 Å². The van der Waals surface area contributed by atoms with Crippen molar-refractivity contribution in [2.24, 2.45) is 10.9 Å². The smallest absolute Gasteiger partial charge is 0.362 e. The fraction of sp³-hybridized carbons (Fsp3) is 0.438. The molecule has 1 aliphatic heterocycles. The number of oxime groups is 1. The highest BCUT2D eigenvalue weighted by Gasteiger charge is 2.54. The number of carboxylic acids is 1. The van der Waals surface area contributed by atoms with Crippen LogP contribution in [0.1, 0.15) is 25.2 Å². The Balaban J connectivity index is 1.89. The summed E-state index contributed by atoms with van der Waals surface area (Å²) in [4.78, 5) is 45.7. The van der Waals surface area contributed by atoms with Gasteiger partial charge in [0, 0.05) is 18.1 Å². The summed E-state index contributed by atoms with van der Waals surface area (Å²) < 4.78 is 34.2. The molecule has 3 heterocycles. The lowest BCUT2D eigenvalue weighted by atomic mass is 9.98. The van der Waals surface area contributed by atoms with Crippen molar-refractivity contribution in [1.82, 2.24) is 29.6 Å². The molecule has 0 spiro atoms. The number of rotatable bonds is 10. The second-order valence-electron chi connectivity index (χ2n) is 7.68. The van der Waals surface area contributed by atoms with Crippen LogP contribution >= 0.6 is 11.3 Å². The number of aliphatic carboxylic acids is 1. The largest absolute Gasteiger partial charge is 0.478 e. The number of nitrogens with zero attached hydrogens (tertiary/aromatic N) is 6. The molecule has 0 radical (unpaired) electrons. The second-order valence-corrected chi connectivity index (χ2v) is 9.86. The van der Waals surface area contributed by atoms with Crippen LogP contribution in [0.4, 0.5) is 5.13 Å². The third kappa shape index (κ3) is 5.53. The lowest BCUT2D eigenvalue weighted by Crippen LogP contribution is -2.73. The topological polar surface area (TPSA) is 258 Å². The van der Waals surface area contributed by atoms with Crippen LogP contribution in [-0.4, -0.2) is 83.5 Å². The first-order valence-electron chi connectivity index (χ1n) is 9.66. The Hall–Kier alpha value is -3.68. The minimum Gasteiger partial charge on any atom is -0.478 e. The van der Waals surface area contributed by atoms with Gasteiger partial charge in [-0.1, -0.05) is 10.4 Å². The Kier molecular flexibility index (Phi) is 7.06. The van der Waals surface area contributed by atoms with Gasteiger partial charge in [0.25, 0.3) is 11.8 Å². The molecule has 7 N–H and O–H groups in total. The summed E-state index contributed by atoms with van der Waals surface area (Å²) in [6.45, 7) is 2.15. The van der Waals surface area contributed by atoms with E-state index in [1.165, 1.54) is 30.1 Å². The molecule has 3 rings (SSSR count). The number of carboxylic acid groups (broad SMARTS) is 1. The number of hydrogen-bond donors (Lipinski definition) is 5. The van der Waals surface area contributed by atoms with E-state index in [0.717, 1.165) is 11.3 Å². The number of nitrogen functional groups attached to an aromatic ring is 1. The Morgan fingerprint density at radius 3 is 2.60 bits per heavy atom. The molecule has 0 aliphatic carbocycles. The van der Waals surface area contributed by atoms with Gasteiger partial charge in [-0.15, -0.1) is 16.4 Å². The van der Waals surface area contributed by atoms with E-state index in [0.29, 0.717) is 5.69 Å². The number of nitrogens with one attached hydrogen (secondary N) is 1. The molecule has 190 valence electrons. The number of anilines is 1. The van der Waals surface area contributed by atoms with E-state index in [1.54, 1.807) is 0 Å². The van der Waals surface area contributed by atoms with Crippen molar-refractivity contribution >= 4 is 50.3 Å². The van der Waals surface area contributed by atoms with Gasteiger partial charge in [-0.25, -0.2) is 14.1 Å². The second kappa shape index (κ2) is 9.52. The number of aromatic nitrogens is 4. The Bertz CT molecular complexity index is 1290. The number of nitrogens with two attached hydrogens (primary N) is 2. The highest BCUT2D eigenvalue weighted by atomic mass is 32.2. The predicted molar refractivity (Wildman–Crippen MR) is 118 cm³/mol. The zero-order valence-corrected chi connectivity index (χ0v) is 19.9. The van der Waals surface area contributed by atoms with E-state index in [9.17, 15) is 32.5 Å². The van der Waals surface area contributed by atoms with E-state index in [4.69, 9.17) is 16.3 Å². The van der Waals surface area contributed by atoms with E-state index in [1.807, 2.05) is 0 Å². The molecule has 1 aliphatic rings. The summed E-state index contributed by atoms with van der Waals surface area (Å²) in [5.74, 6) is -3.55. The number of carbonyl (C=O) groups is 3. The maximum absolute atomic E-state index is 13.0. The van der Waals surface area contributed by atoms with Gasteiger partial charge in [-0.3, -0.25) is 18.8 Å². The summed E-state index contributed by atoms with van der Waals surface area (Å²) in [6.07, 6.45) is 1.40. The van der Waals surface area contributed by atoms with Gasteiger partial charge in [0.1, 0.15) is 11.7 Å². The van der Waals surface area contributed by atoms with Crippen LogP contribution in [0.2, 0.25) is 0 Å². The SMILES string of the molecule is CC(C)(ON=C(C(=O)NC1C(=O)N(S(=O)(=O)O)C1Cn1cc(CN)nn1)c1csc(N)n1)C(=O)O. The normalized spacial score (nSPS) is 18.8. The fourth-order valence-electron chi connectivity index (χ4n) is 2.86. The molecule has 1 saturated heterocycles. The number of β-lactam (4-membered cyclic amide) rings is 1. The average Bonchev–Trinajstić information content (AvgIpc) is 3.39. The molecule has 1 fully saturated rings. The number of hydrogen-bond acceptors (Lipinski definition) is 13. The van der Waals surface area contributed by atoms with Crippen molar-refractivity contribution in [3.63, 3.8) is 0 Å². The zero-order valence-electron chi connectivity index (χ0n) is 18.2. The minimum atomic E-state index is -4.96. The third-order valence-electron chi connectivity index (χ3n) is 4.73. The molecule has 0 bridgehead atoms. The van der Waals surface area contributed by atoms with Crippen LogP contribution in [0.3, 0.4) is 0 Å². The zero-order chi connectivity index (χ0) is 26.1. The molecular formula is C16H21N9O8S2. The summed E-state index contributed by atoms with van der Waals surface area (Å²) in [6, 6.07) is -2.73. The molecule has 35 heavy (non-hydrogen) atoms. The molecule has 0 aromatic carbocycles. The van der Waals surface area contributed by atoms with Gasteiger partial charge in [0.15, 0.2) is 10.8 Å². The van der Waals surface area contributed by atoms with Gasteiger partial charge in [0.2, 0.25) is 5.60 Å². The molecule has 2 amide bonds. The van der Waals surface area contributed by atoms with Gasteiger partial charge in [-0.2, -0.15) is 8.42 Å². The fourth-order valence-corrected chi connectivity index (χ4v) is 4.28. The summed E-state index contributed by atoms with van der Waals surface area (Å²) >= 11 is 0.957. The predicted octanol–water partition coefficient (Wildman–Crippen LogP) is -2.44. The first kappa shape index (κ1) is 25.9. The lowest BCUT2D eigenvalue weighted by molar-refractivity contribution is -0.161. The van der Waals surface area contributed by atoms with Crippen LogP contribution < -0.4 is 16.8 Å². The van der Waals surface area contributed by atoms with E-state index >= 15 is 0 Å². The third-order valence-corrected chi connectivity index (χ3v) is 6.36. The van der Waals surface area contributed by atoms with Crippen molar-refractivity contribution in [3.05, 3.63) is 23.0 Å². The Labute approximate surface area is 201 Å². The van der Waals surface area contributed by atoms with Crippen LogP contribution in [-0.2, 0) is 42.6 Å². The van der Waals surface area contributed by atoms with Crippen molar-refractivity contribution in [2.75, 3.05) is 5.73 Å². The van der Waals surface area contributed by atoms with Crippen LogP contribution in [0.5, 0.6) is 0 Å². The number of thiazole rings is 1. The molecule has 0 saturated carbocycles. The summed E-state index contributed by atoms with van der Waals surface area (Å²) in [5, 5.41) is 24.1. The van der Waals surface area contributed by atoms with Crippen molar-refractivity contribution in [3.8, 4) is 0 Å². The number of carbonyl (C=O) groups excluding carboxylic acids is 2. The Morgan fingerprint density at radius 1 is 1.40 bits per heavy atom. The molecule has 2 unspecified atom stereocenters. The van der Waals surface area contributed by atoms with Crippen molar-refractivity contribution in [2.45, 2.75) is 44.6 Å². The maximum Gasteiger partial charge on any atom is 0.362 e. The van der Waals surface area contributed by atoms with Gasteiger partial charge in [0.05, 0.1) is 18.3 Å². The highest BCUT2D eigenvalue weighted by molar-refractivity contribution is 7.84. The molecular weight excluding hydrogens is 510 g/mol. The first-order valence-corrected chi connectivity index (χ1v) is 11.9.